The highest BCUT2D eigenvalue weighted by molar-refractivity contribution is 9.10. The monoisotopic (exact) mass is 329 g/mol. The Morgan fingerprint density at radius 2 is 2.37 bits per heavy atom. The van der Waals surface area contributed by atoms with Crippen molar-refractivity contribution < 1.29 is 9.53 Å². The minimum atomic E-state index is -0.394. The molecule has 0 aliphatic carbocycles. The number of halogens is 1. The minimum Gasteiger partial charge on any atom is -0.367 e. The van der Waals surface area contributed by atoms with Crippen LogP contribution >= 0.6 is 15.9 Å². The van der Waals surface area contributed by atoms with E-state index in [4.69, 9.17) is 4.74 Å². The Balaban J connectivity index is 2.17. The molecule has 106 valence electrons. The maximum Gasteiger partial charge on any atom is 0.211 e. The fraction of sp³-hybridized carbons (Fsp3) is 0.692. The third kappa shape index (κ3) is 3.07. The maximum atomic E-state index is 12.6. The van der Waals surface area contributed by atoms with Crippen LogP contribution in [0.1, 0.15) is 31.3 Å². The average Bonchev–Trinajstić information content (AvgIpc) is 2.79. The van der Waals surface area contributed by atoms with Crippen LogP contribution in [0.4, 0.5) is 0 Å². The topological polar surface area (TPSA) is 47.4 Å². The summed E-state index contributed by atoms with van der Waals surface area (Å²) in [5.41, 5.74) is 0.609. The number of carbonyl (C=O) groups excluding carboxylic acids is 1. The van der Waals surface area contributed by atoms with E-state index in [1.807, 2.05) is 6.92 Å². The SMILES string of the molecule is CCn1ncc(Br)c1C(=O)C1CN(C(C)C)CCO1. The summed E-state index contributed by atoms with van der Waals surface area (Å²) in [5.74, 6) is 0.0107. The Morgan fingerprint density at radius 3 is 3.00 bits per heavy atom. The third-order valence-corrected chi connectivity index (χ3v) is 4.03. The van der Waals surface area contributed by atoms with E-state index < -0.39 is 6.10 Å². The number of rotatable bonds is 4. The van der Waals surface area contributed by atoms with Crippen LogP contribution < -0.4 is 0 Å². The van der Waals surface area contributed by atoms with Gasteiger partial charge in [-0.05, 0) is 36.7 Å². The van der Waals surface area contributed by atoms with E-state index >= 15 is 0 Å². The zero-order valence-corrected chi connectivity index (χ0v) is 13.2. The van der Waals surface area contributed by atoms with Gasteiger partial charge in [0.25, 0.3) is 0 Å². The number of carbonyl (C=O) groups is 1. The lowest BCUT2D eigenvalue weighted by Gasteiger charge is -2.34. The van der Waals surface area contributed by atoms with Gasteiger partial charge in [-0.3, -0.25) is 14.4 Å². The molecule has 5 nitrogen and oxygen atoms in total. The Labute approximate surface area is 122 Å². The predicted molar refractivity (Wildman–Crippen MR) is 76.4 cm³/mol. The maximum absolute atomic E-state index is 12.6. The Morgan fingerprint density at radius 1 is 1.63 bits per heavy atom. The zero-order chi connectivity index (χ0) is 14.0. The molecular formula is C13H20BrN3O2. The van der Waals surface area contributed by atoms with Crippen molar-refractivity contribution in [3.05, 3.63) is 16.4 Å². The summed E-state index contributed by atoms with van der Waals surface area (Å²) in [5, 5.41) is 4.18. The van der Waals surface area contributed by atoms with Crippen LogP contribution in [0.2, 0.25) is 0 Å². The number of aromatic nitrogens is 2. The fourth-order valence-corrected chi connectivity index (χ4v) is 2.79. The van der Waals surface area contributed by atoms with Crippen LogP contribution in [0.25, 0.3) is 0 Å². The van der Waals surface area contributed by atoms with Crippen LogP contribution in [0.5, 0.6) is 0 Å². The van der Waals surface area contributed by atoms with Crippen LogP contribution in [0, 0.1) is 0 Å². The molecule has 0 bridgehead atoms. The van der Waals surface area contributed by atoms with Crippen molar-refractivity contribution in [2.75, 3.05) is 19.7 Å². The summed E-state index contributed by atoms with van der Waals surface area (Å²) < 4.78 is 8.10. The fourth-order valence-electron chi connectivity index (χ4n) is 2.30. The molecule has 1 saturated heterocycles. The summed E-state index contributed by atoms with van der Waals surface area (Å²) in [7, 11) is 0. The second-order valence-electron chi connectivity index (χ2n) is 4.97. The number of ketones is 1. The number of Topliss-reactive ketones (excluding diaryl/α,β-unsaturated/α-hetero) is 1. The molecule has 0 N–H and O–H groups in total. The van der Waals surface area contributed by atoms with Gasteiger partial charge in [0.2, 0.25) is 5.78 Å². The van der Waals surface area contributed by atoms with E-state index in [9.17, 15) is 4.79 Å². The van der Waals surface area contributed by atoms with Crippen molar-refractivity contribution in [3.63, 3.8) is 0 Å². The molecular weight excluding hydrogens is 310 g/mol. The van der Waals surface area contributed by atoms with Crippen molar-refractivity contribution in [2.45, 2.75) is 39.5 Å². The van der Waals surface area contributed by atoms with Crippen molar-refractivity contribution in [3.8, 4) is 0 Å². The second-order valence-corrected chi connectivity index (χ2v) is 5.82. The van der Waals surface area contributed by atoms with Gasteiger partial charge in [0, 0.05) is 25.7 Å². The zero-order valence-electron chi connectivity index (χ0n) is 11.6. The van der Waals surface area contributed by atoms with E-state index in [1.54, 1.807) is 10.9 Å². The van der Waals surface area contributed by atoms with Gasteiger partial charge in [-0.15, -0.1) is 0 Å². The molecule has 0 spiro atoms. The first-order valence-corrected chi connectivity index (χ1v) is 7.45. The van der Waals surface area contributed by atoms with Gasteiger partial charge in [0.05, 0.1) is 17.3 Å². The van der Waals surface area contributed by atoms with Crippen LogP contribution in [0.3, 0.4) is 0 Å². The van der Waals surface area contributed by atoms with Crippen LogP contribution in [0.15, 0.2) is 10.7 Å². The summed E-state index contributed by atoms with van der Waals surface area (Å²) in [6.07, 6.45) is 1.27. The number of ether oxygens (including phenoxy) is 1. The van der Waals surface area contributed by atoms with Gasteiger partial charge >= 0.3 is 0 Å². The molecule has 1 aliphatic heterocycles. The summed E-state index contributed by atoms with van der Waals surface area (Å²) >= 11 is 3.40. The molecule has 6 heteroatoms. The van der Waals surface area contributed by atoms with E-state index in [0.29, 0.717) is 31.4 Å². The molecule has 1 aromatic heterocycles. The van der Waals surface area contributed by atoms with Crippen LogP contribution in [-0.2, 0) is 11.3 Å². The van der Waals surface area contributed by atoms with E-state index in [-0.39, 0.29) is 5.78 Å². The third-order valence-electron chi connectivity index (χ3n) is 3.45. The quantitative estimate of drug-likeness (QED) is 0.792. The lowest BCUT2D eigenvalue weighted by Crippen LogP contribution is -2.49. The molecule has 19 heavy (non-hydrogen) atoms. The van der Waals surface area contributed by atoms with Gasteiger partial charge in [-0.25, -0.2) is 0 Å². The number of hydrogen-bond donors (Lipinski definition) is 0. The van der Waals surface area contributed by atoms with Crippen molar-refractivity contribution in [1.82, 2.24) is 14.7 Å². The normalized spacial score (nSPS) is 21.0. The standard InChI is InChI=1S/C13H20BrN3O2/c1-4-17-12(10(14)7-15-17)13(18)11-8-16(9(2)3)5-6-19-11/h7,9,11H,4-6,8H2,1-3H3. The molecule has 2 rings (SSSR count). The molecule has 0 amide bonds. The summed E-state index contributed by atoms with van der Waals surface area (Å²) in [4.78, 5) is 14.9. The Hall–Kier alpha value is -0.720. The van der Waals surface area contributed by atoms with Crippen molar-refractivity contribution >= 4 is 21.7 Å². The molecule has 1 aliphatic rings. The van der Waals surface area contributed by atoms with Gasteiger partial charge in [0.15, 0.2) is 0 Å². The highest BCUT2D eigenvalue weighted by Crippen LogP contribution is 2.21. The van der Waals surface area contributed by atoms with Crippen molar-refractivity contribution in [2.24, 2.45) is 0 Å². The largest absolute Gasteiger partial charge is 0.367 e. The smallest absolute Gasteiger partial charge is 0.211 e. The van der Waals surface area contributed by atoms with E-state index in [2.05, 4.69) is 39.8 Å². The van der Waals surface area contributed by atoms with Gasteiger partial charge in [-0.1, -0.05) is 0 Å². The van der Waals surface area contributed by atoms with Crippen LogP contribution in [-0.4, -0.2) is 52.3 Å². The molecule has 1 atom stereocenters. The molecule has 0 saturated carbocycles. The minimum absolute atomic E-state index is 0.0107. The number of hydrogen-bond acceptors (Lipinski definition) is 4. The summed E-state index contributed by atoms with van der Waals surface area (Å²) in [6, 6.07) is 0.429. The first kappa shape index (κ1) is 14.7. The number of morpholine rings is 1. The lowest BCUT2D eigenvalue weighted by molar-refractivity contribution is -0.0260. The second kappa shape index (κ2) is 6.15. The first-order chi connectivity index (χ1) is 9.04. The first-order valence-electron chi connectivity index (χ1n) is 6.65. The summed E-state index contributed by atoms with van der Waals surface area (Å²) in [6.45, 7) is 9.06. The van der Waals surface area contributed by atoms with Gasteiger partial charge in [0.1, 0.15) is 11.8 Å². The van der Waals surface area contributed by atoms with E-state index in [0.717, 1.165) is 11.0 Å². The number of aryl methyl sites for hydroxylation is 1. The van der Waals surface area contributed by atoms with E-state index in [1.165, 1.54) is 0 Å². The Kier molecular flexibility index (Phi) is 4.76. The van der Waals surface area contributed by atoms with Gasteiger partial charge < -0.3 is 4.74 Å². The molecule has 2 heterocycles. The Bertz CT molecular complexity index is 459. The molecule has 1 aromatic rings. The molecule has 1 unspecified atom stereocenters. The molecule has 1 fully saturated rings. The molecule has 0 aromatic carbocycles. The predicted octanol–water partition coefficient (Wildman–Crippen LogP) is 1.96. The highest BCUT2D eigenvalue weighted by atomic mass is 79.9. The lowest BCUT2D eigenvalue weighted by atomic mass is 10.1. The van der Waals surface area contributed by atoms with Gasteiger partial charge in [-0.2, -0.15) is 5.10 Å². The molecule has 0 radical (unpaired) electrons. The highest BCUT2D eigenvalue weighted by Gasteiger charge is 2.31. The number of nitrogens with zero attached hydrogens (tertiary/aromatic N) is 3. The average molecular weight is 330 g/mol. The van der Waals surface area contributed by atoms with Crippen molar-refractivity contribution in [1.29, 1.82) is 0 Å².